The molecule has 2 rings (SSSR count). The highest BCUT2D eigenvalue weighted by molar-refractivity contribution is 7.89. The maximum atomic E-state index is 12.4. The summed E-state index contributed by atoms with van der Waals surface area (Å²) >= 11 is 11.8. The molecule has 26 heavy (non-hydrogen) atoms. The van der Waals surface area contributed by atoms with Crippen molar-refractivity contribution in [1.29, 1.82) is 0 Å². The first-order chi connectivity index (χ1) is 12.3. The van der Waals surface area contributed by atoms with Crippen LogP contribution in [0.4, 0.5) is 0 Å². The first kappa shape index (κ1) is 20.6. The van der Waals surface area contributed by atoms with E-state index in [9.17, 15) is 13.2 Å². The molecule has 7 heteroatoms. The van der Waals surface area contributed by atoms with Gasteiger partial charge in [-0.3, -0.25) is 4.79 Å². The van der Waals surface area contributed by atoms with Gasteiger partial charge in [0, 0.05) is 18.7 Å². The second kappa shape index (κ2) is 8.82. The second-order valence-corrected chi connectivity index (χ2v) is 8.24. The minimum absolute atomic E-state index is 0.172. The van der Waals surface area contributed by atoms with E-state index in [-0.39, 0.29) is 10.7 Å². The molecule has 0 aromatic heterocycles. The van der Waals surface area contributed by atoms with Crippen molar-refractivity contribution < 1.29 is 13.2 Å². The zero-order valence-corrected chi connectivity index (χ0v) is 16.8. The number of ketones is 1. The molecule has 0 amide bonds. The minimum atomic E-state index is -3.53. The predicted molar refractivity (Wildman–Crippen MR) is 106 cm³/mol. The highest BCUT2D eigenvalue weighted by atomic mass is 35.5. The number of hydrogen-bond acceptors (Lipinski definition) is 3. The van der Waals surface area contributed by atoms with Gasteiger partial charge >= 0.3 is 0 Å². The Kier molecular flexibility index (Phi) is 7.01. The fourth-order valence-corrected chi connectivity index (χ4v) is 4.15. The Hall–Kier alpha value is -1.66. The molecule has 0 unspecified atom stereocenters. The van der Waals surface area contributed by atoms with Gasteiger partial charge in [-0.15, -0.1) is 0 Å². The van der Waals surface area contributed by atoms with Crippen molar-refractivity contribution in [3.05, 3.63) is 69.7 Å². The summed E-state index contributed by atoms with van der Waals surface area (Å²) in [4.78, 5) is 12.4. The van der Waals surface area contributed by atoms with Gasteiger partial charge in [-0.05, 0) is 48.0 Å². The third-order valence-corrected chi connectivity index (χ3v) is 6.66. The van der Waals surface area contributed by atoms with E-state index in [0.29, 0.717) is 28.7 Å². The van der Waals surface area contributed by atoms with Gasteiger partial charge in [0.05, 0.1) is 14.9 Å². The van der Waals surface area contributed by atoms with Gasteiger partial charge in [0.1, 0.15) is 0 Å². The quantitative estimate of drug-likeness (QED) is 0.479. The van der Waals surface area contributed by atoms with Crippen LogP contribution in [0.1, 0.15) is 29.8 Å². The van der Waals surface area contributed by atoms with Gasteiger partial charge in [-0.2, -0.15) is 4.31 Å². The topological polar surface area (TPSA) is 54.5 Å². The van der Waals surface area contributed by atoms with Crippen LogP contribution in [0.2, 0.25) is 10.0 Å². The van der Waals surface area contributed by atoms with Gasteiger partial charge in [0.15, 0.2) is 5.78 Å². The Morgan fingerprint density at radius 2 is 1.62 bits per heavy atom. The molecule has 0 bridgehead atoms. The van der Waals surface area contributed by atoms with E-state index in [1.807, 2.05) is 0 Å². The summed E-state index contributed by atoms with van der Waals surface area (Å²) in [5, 5.41) is 0.854. The van der Waals surface area contributed by atoms with Crippen molar-refractivity contribution in [2.24, 2.45) is 0 Å². The average molecular weight is 412 g/mol. The summed E-state index contributed by atoms with van der Waals surface area (Å²) in [6, 6.07) is 11.0. The van der Waals surface area contributed by atoms with Crippen LogP contribution in [0.15, 0.2) is 53.4 Å². The number of allylic oxidation sites excluding steroid dienone is 1. The highest BCUT2D eigenvalue weighted by Gasteiger charge is 2.21. The Bertz CT molecular complexity index is 918. The fraction of sp³-hybridized carbons (Fsp3) is 0.211. The second-order valence-electron chi connectivity index (χ2n) is 5.48. The van der Waals surface area contributed by atoms with Gasteiger partial charge < -0.3 is 0 Å². The summed E-state index contributed by atoms with van der Waals surface area (Å²) in [6.07, 6.45) is 3.04. The first-order valence-corrected chi connectivity index (χ1v) is 10.3. The standard InChI is InChI=1S/C19H19Cl2NO3S/c1-3-22(4-2)26(24,25)16-9-7-15(8-10-16)19(23)12-6-14-5-11-17(20)18(21)13-14/h5-13H,3-4H2,1-2H3. The number of halogens is 2. The third-order valence-electron chi connectivity index (χ3n) is 3.85. The number of sulfonamides is 1. The molecule has 2 aromatic rings. The van der Waals surface area contributed by atoms with Crippen molar-refractivity contribution in [2.75, 3.05) is 13.1 Å². The van der Waals surface area contributed by atoms with Crippen LogP contribution in [0.25, 0.3) is 6.08 Å². The minimum Gasteiger partial charge on any atom is -0.289 e. The van der Waals surface area contributed by atoms with Gasteiger partial charge in [0.25, 0.3) is 0 Å². The summed E-state index contributed by atoms with van der Waals surface area (Å²) < 4.78 is 26.3. The molecule has 2 aromatic carbocycles. The van der Waals surface area contributed by atoms with E-state index in [1.54, 1.807) is 38.1 Å². The molecule has 0 spiro atoms. The van der Waals surface area contributed by atoms with Crippen LogP contribution in [-0.2, 0) is 10.0 Å². The molecule has 0 heterocycles. The van der Waals surface area contributed by atoms with Crippen molar-refractivity contribution in [3.63, 3.8) is 0 Å². The molecule has 0 aliphatic heterocycles. The van der Waals surface area contributed by atoms with Crippen LogP contribution >= 0.6 is 23.2 Å². The molecule has 0 fully saturated rings. The SMILES string of the molecule is CCN(CC)S(=O)(=O)c1ccc(C(=O)C=Cc2ccc(Cl)c(Cl)c2)cc1. The maximum absolute atomic E-state index is 12.4. The van der Waals surface area contributed by atoms with Crippen LogP contribution in [0.5, 0.6) is 0 Å². The van der Waals surface area contributed by atoms with E-state index in [1.165, 1.54) is 34.6 Å². The average Bonchev–Trinajstić information content (AvgIpc) is 2.63. The third kappa shape index (κ3) is 4.74. The van der Waals surface area contributed by atoms with E-state index in [2.05, 4.69) is 0 Å². The summed E-state index contributed by atoms with van der Waals surface area (Å²) in [5.74, 6) is -0.233. The lowest BCUT2D eigenvalue weighted by atomic mass is 10.1. The molecule has 0 saturated carbocycles. The van der Waals surface area contributed by atoms with Gasteiger partial charge in [0.2, 0.25) is 10.0 Å². The Labute approximate surface area is 164 Å². The molecule has 0 aliphatic carbocycles. The lowest BCUT2D eigenvalue weighted by molar-refractivity contribution is 0.104. The number of carbonyl (C=O) groups is 1. The van der Waals surface area contributed by atoms with Crippen LogP contribution in [0.3, 0.4) is 0 Å². The molecule has 0 radical (unpaired) electrons. The number of rotatable bonds is 7. The summed E-state index contributed by atoms with van der Waals surface area (Å²) in [5.41, 5.74) is 1.15. The molecular weight excluding hydrogens is 393 g/mol. The Balaban J connectivity index is 2.18. The number of carbonyl (C=O) groups excluding carboxylic acids is 1. The van der Waals surface area contributed by atoms with Crippen LogP contribution < -0.4 is 0 Å². The lowest BCUT2D eigenvalue weighted by Gasteiger charge is -2.18. The largest absolute Gasteiger partial charge is 0.289 e. The zero-order chi connectivity index (χ0) is 19.3. The molecule has 0 saturated heterocycles. The van der Waals surface area contributed by atoms with E-state index in [0.717, 1.165) is 5.56 Å². The van der Waals surface area contributed by atoms with E-state index >= 15 is 0 Å². The summed E-state index contributed by atoms with van der Waals surface area (Å²) in [7, 11) is -3.53. The first-order valence-electron chi connectivity index (χ1n) is 8.07. The predicted octanol–water partition coefficient (Wildman–Crippen LogP) is 4.92. The van der Waals surface area contributed by atoms with Crippen molar-refractivity contribution in [3.8, 4) is 0 Å². The highest BCUT2D eigenvalue weighted by Crippen LogP contribution is 2.23. The van der Waals surface area contributed by atoms with Crippen LogP contribution in [-0.4, -0.2) is 31.6 Å². The molecular formula is C19H19Cl2NO3S. The van der Waals surface area contributed by atoms with Gasteiger partial charge in [-0.1, -0.05) is 49.2 Å². The normalized spacial score (nSPS) is 12.0. The summed E-state index contributed by atoms with van der Waals surface area (Å²) in [6.45, 7) is 4.36. The fourth-order valence-electron chi connectivity index (χ4n) is 2.39. The van der Waals surface area contributed by atoms with E-state index in [4.69, 9.17) is 23.2 Å². The molecule has 0 atom stereocenters. The van der Waals surface area contributed by atoms with Crippen molar-refractivity contribution in [1.82, 2.24) is 4.31 Å². The number of hydrogen-bond donors (Lipinski definition) is 0. The molecule has 138 valence electrons. The molecule has 0 aliphatic rings. The lowest BCUT2D eigenvalue weighted by Crippen LogP contribution is -2.30. The Morgan fingerprint density at radius 1 is 1.00 bits per heavy atom. The number of nitrogens with zero attached hydrogens (tertiary/aromatic N) is 1. The van der Waals surface area contributed by atoms with E-state index < -0.39 is 10.0 Å². The smallest absolute Gasteiger partial charge is 0.243 e. The molecule has 0 N–H and O–H groups in total. The monoisotopic (exact) mass is 411 g/mol. The Morgan fingerprint density at radius 3 is 2.15 bits per heavy atom. The van der Waals surface area contributed by atoms with Crippen LogP contribution in [0, 0.1) is 0 Å². The maximum Gasteiger partial charge on any atom is 0.243 e. The van der Waals surface area contributed by atoms with Gasteiger partial charge in [-0.25, -0.2) is 8.42 Å². The van der Waals surface area contributed by atoms with Crippen molar-refractivity contribution in [2.45, 2.75) is 18.7 Å². The van der Waals surface area contributed by atoms with Crippen molar-refractivity contribution >= 4 is 45.1 Å². The molecule has 4 nitrogen and oxygen atoms in total. The number of benzene rings is 2. The zero-order valence-electron chi connectivity index (χ0n) is 14.4.